The van der Waals surface area contributed by atoms with Gasteiger partial charge < -0.3 is 19.4 Å². The summed E-state index contributed by atoms with van der Waals surface area (Å²) in [5.74, 6) is -0.281. The molecule has 0 unspecified atom stereocenters. The maximum atomic E-state index is 13.9. The molecule has 224 valence electrons. The largest absolute Gasteiger partial charge is 0.451 e. The maximum absolute atomic E-state index is 13.9. The Kier molecular flexibility index (Phi) is 8.55. The van der Waals surface area contributed by atoms with Crippen LogP contribution in [0.1, 0.15) is 42.8 Å². The van der Waals surface area contributed by atoms with Crippen LogP contribution in [-0.2, 0) is 22.3 Å². The van der Waals surface area contributed by atoms with E-state index in [1.807, 2.05) is 34.5 Å². The number of aromatic nitrogens is 4. The van der Waals surface area contributed by atoms with E-state index in [1.165, 1.54) is 11.8 Å². The fraction of sp³-hybridized carbons (Fsp3) is 0.643. The molecule has 2 aromatic rings. The van der Waals surface area contributed by atoms with Crippen molar-refractivity contribution in [3.05, 3.63) is 42.0 Å². The smallest absolute Gasteiger partial charge is 0.383 e. The summed E-state index contributed by atoms with van der Waals surface area (Å²) in [6, 6.07) is 1.88. The number of aryl methyl sites for hydroxylation is 1. The second kappa shape index (κ2) is 12.0. The van der Waals surface area contributed by atoms with Crippen molar-refractivity contribution in [2.24, 2.45) is 0 Å². The molecule has 3 saturated heterocycles. The van der Waals surface area contributed by atoms with Crippen LogP contribution >= 0.6 is 0 Å². The van der Waals surface area contributed by atoms with Gasteiger partial charge in [0.15, 0.2) is 0 Å². The molecule has 0 radical (unpaired) electrons. The summed E-state index contributed by atoms with van der Waals surface area (Å²) in [6.45, 7) is 13.3. The Balaban J connectivity index is 1.27. The summed E-state index contributed by atoms with van der Waals surface area (Å²) in [7, 11) is 1.66. The molecular weight excluding hydrogens is 537 g/mol. The third-order valence-corrected chi connectivity index (χ3v) is 8.73. The zero-order chi connectivity index (χ0) is 29.3. The summed E-state index contributed by atoms with van der Waals surface area (Å²) in [5.41, 5.74) is 2.30. The number of ether oxygens (including phenoxy) is 1. The summed E-state index contributed by atoms with van der Waals surface area (Å²) >= 11 is 0. The molecule has 13 heteroatoms. The van der Waals surface area contributed by atoms with Crippen LogP contribution in [0.15, 0.2) is 24.9 Å². The Hall–Kier alpha value is -3.19. The molecule has 3 aliphatic rings. The lowest BCUT2D eigenvalue weighted by atomic mass is 9.91. The zero-order valence-corrected chi connectivity index (χ0v) is 24.0. The van der Waals surface area contributed by atoms with Gasteiger partial charge in [-0.15, -0.1) is 0 Å². The van der Waals surface area contributed by atoms with Gasteiger partial charge in [-0.3, -0.25) is 14.4 Å². The Labute approximate surface area is 238 Å². The third kappa shape index (κ3) is 6.06. The van der Waals surface area contributed by atoms with Crippen molar-refractivity contribution in [1.29, 1.82) is 0 Å². The van der Waals surface area contributed by atoms with E-state index >= 15 is 0 Å². The van der Waals surface area contributed by atoms with Gasteiger partial charge in [0.1, 0.15) is 11.6 Å². The number of carbonyl (C=O) groups is 1. The number of hydrogen-bond acceptors (Lipinski definition) is 8. The van der Waals surface area contributed by atoms with Gasteiger partial charge in [-0.05, 0) is 38.3 Å². The molecule has 0 aliphatic carbocycles. The number of anilines is 2. The number of carbonyl (C=O) groups excluding carboxylic acids is 1. The van der Waals surface area contributed by atoms with Gasteiger partial charge in [0.25, 0.3) is 0 Å². The topological polar surface area (TPSA) is 82.9 Å². The average molecular weight is 577 g/mol. The number of nitrogens with zero attached hydrogens (tertiary/aromatic N) is 8. The van der Waals surface area contributed by atoms with Gasteiger partial charge in [-0.2, -0.15) is 18.3 Å². The Morgan fingerprint density at radius 2 is 1.80 bits per heavy atom. The molecule has 1 amide bonds. The molecule has 0 saturated carbocycles. The lowest BCUT2D eigenvalue weighted by molar-refractivity contribution is -0.144. The fourth-order valence-electron chi connectivity index (χ4n) is 6.33. The first kappa shape index (κ1) is 29.3. The average Bonchev–Trinajstić information content (AvgIpc) is 3.34. The van der Waals surface area contributed by atoms with Crippen LogP contribution in [-0.4, -0.2) is 107 Å². The normalized spacial score (nSPS) is 22.6. The first-order valence-corrected chi connectivity index (χ1v) is 14.2. The first-order valence-electron chi connectivity index (χ1n) is 14.2. The van der Waals surface area contributed by atoms with Crippen molar-refractivity contribution in [3.63, 3.8) is 0 Å². The van der Waals surface area contributed by atoms with Crippen LogP contribution in [0.4, 0.5) is 24.8 Å². The molecule has 0 aromatic carbocycles. The van der Waals surface area contributed by atoms with Crippen LogP contribution < -0.4 is 9.80 Å². The quantitative estimate of drug-likeness (QED) is 0.444. The second-order valence-corrected chi connectivity index (χ2v) is 11.1. The minimum absolute atomic E-state index is 0.0124. The monoisotopic (exact) mass is 576 g/mol. The van der Waals surface area contributed by atoms with Gasteiger partial charge in [-0.25, -0.2) is 9.97 Å². The van der Waals surface area contributed by atoms with Crippen LogP contribution in [0.25, 0.3) is 0 Å². The molecule has 0 N–H and O–H groups in total. The van der Waals surface area contributed by atoms with Crippen molar-refractivity contribution in [1.82, 2.24) is 29.5 Å². The lowest BCUT2D eigenvalue weighted by Gasteiger charge is -2.53. The summed E-state index contributed by atoms with van der Waals surface area (Å²) in [5, 5.41) is 4.50. The van der Waals surface area contributed by atoms with Gasteiger partial charge in [0.05, 0.1) is 19.3 Å². The molecule has 10 nitrogen and oxygen atoms in total. The van der Waals surface area contributed by atoms with Crippen LogP contribution in [0, 0.1) is 6.92 Å². The van der Waals surface area contributed by atoms with E-state index in [0.29, 0.717) is 57.5 Å². The van der Waals surface area contributed by atoms with E-state index < -0.39 is 12.0 Å². The highest BCUT2D eigenvalue weighted by Gasteiger charge is 2.43. The van der Waals surface area contributed by atoms with Gasteiger partial charge in [0.2, 0.25) is 11.7 Å². The van der Waals surface area contributed by atoms with Crippen molar-refractivity contribution in [2.45, 2.75) is 57.4 Å². The Bertz CT molecular complexity index is 1240. The summed E-state index contributed by atoms with van der Waals surface area (Å²) < 4.78 is 48.9. The molecular formula is C28H39F3N8O2. The number of piperidine rings is 1. The minimum atomic E-state index is -4.64. The standard InChI is InChI=1S/C28H39F3N8O2/c1-5-25(40)37-12-10-35(11-13-37)22-18-38(20(22)3)24-16-23(33-27(34-24)28(29,30)31)36-8-6-21(7-9-36)26-19(2)17-32-39(26)14-15-41-4/h5,16-17,20-22H,1,6-15,18H2,2-4H3/t20-,22-/m1/s1. The number of methoxy groups -OCH3 is 1. The molecule has 5 rings (SSSR count). The molecule has 3 fully saturated rings. The molecule has 5 heterocycles. The Morgan fingerprint density at radius 3 is 2.41 bits per heavy atom. The van der Waals surface area contributed by atoms with Crippen molar-refractivity contribution in [2.75, 3.05) is 69.3 Å². The van der Waals surface area contributed by atoms with Crippen molar-refractivity contribution >= 4 is 17.5 Å². The SMILES string of the molecule is C=CC(=O)N1CCN([C@@H]2CN(c3cc(N4CCC(c5c(C)cnn5CCOC)CC4)nc(C(F)(F)F)n3)[C@@H]2C)CC1. The van der Waals surface area contributed by atoms with E-state index in [-0.39, 0.29) is 23.9 Å². The van der Waals surface area contributed by atoms with E-state index in [0.717, 1.165) is 31.5 Å². The first-order chi connectivity index (χ1) is 19.6. The number of halogens is 3. The highest BCUT2D eigenvalue weighted by atomic mass is 19.4. The fourth-order valence-corrected chi connectivity index (χ4v) is 6.33. The summed E-state index contributed by atoms with van der Waals surface area (Å²) in [6.07, 6.45) is 0.142. The molecule has 2 aromatic heterocycles. The molecule has 41 heavy (non-hydrogen) atoms. The van der Waals surface area contributed by atoms with E-state index in [4.69, 9.17) is 4.74 Å². The predicted molar refractivity (Wildman–Crippen MR) is 149 cm³/mol. The third-order valence-electron chi connectivity index (χ3n) is 8.73. The minimum Gasteiger partial charge on any atom is -0.383 e. The van der Waals surface area contributed by atoms with Crippen LogP contribution in [0.5, 0.6) is 0 Å². The second-order valence-electron chi connectivity index (χ2n) is 11.1. The highest BCUT2D eigenvalue weighted by molar-refractivity contribution is 5.87. The molecule has 3 aliphatic heterocycles. The highest BCUT2D eigenvalue weighted by Crippen LogP contribution is 2.37. The van der Waals surface area contributed by atoms with E-state index in [1.54, 1.807) is 18.1 Å². The van der Waals surface area contributed by atoms with Gasteiger partial charge in [0, 0.05) is 82.7 Å². The lowest BCUT2D eigenvalue weighted by Crippen LogP contribution is -2.68. The summed E-state index contributed by atoms with van der Waals surface area (Å²) in [4.78, 5) is 27.8. The van der Waals surface area contributed by atoms with Crippen LogP contribution in [0.2, 0.25) is 0 Å². The zero-order valence-electron chi connectivity index (χ0n) is 24.0. The van der Waals surface area contributed by atoms with E-state index in [2.05, 4.69) is 26.5 Å². The molecule has 0 bridgehead atoms. The van der Waals surface area contributed by atoms with Crippen LogP contribution in [0.3, 0.4) is 0 Å². The number of rotatable bonds is 8. The van der Waals surface area contributed by atoms with Gasteiger partial charge >= 0.3 is 6.18 Å². The van der Waals surface area contributed by atoms with Crippen molar-refractivity contribution in [3.8, 4) is 0 Å². The van der Waals surface area contributed by atoms with Gasteiger partial charge in [-0.1, -0.05) is 6.58 Å². The Morgan fingerprint density at radius 1 is 1.12 bits per heavy atom. The number of alkyl halides is 3. The predicted octanol–water partition coefficient (Wildman–Crippen LogP) is 2.94. The maximum Gasteiger partial charge on any atom is 0.451 e. The number of hydrogen-bond donors (Lipinski definition) is 0. The molecule has 2 atom stereocenters. The molecule has 0 spiro atoms. The van der Waals surface area contributed by atoms with E-state index in [9.17, 15) is 18.0 Å². The van der Waals surface area contributed by atoms with Crippen molar-refractivity contribution < 1.29 is 22.7 Å². The number of amides is 1. The number of piperazine rings is 1.